The van der Waals surface area contributed by atoms with E-state index in [9.17, 15) is 0 Å². The molecule has 0 aliphatic heterocycles. The van der Waals surface area contributed by atoms with Gasteiger partial charge in [0.2, 0.25) is 0 Å². The van der Waals surface area contributed by atoms with Gasteiger partial charge in [0.25, 0.3) is 0 Å². The predicted octanol–water partition coefficient (Wildman–Crippen LogP) is 3.16. The summed E-state index contributed by atoms with van der Waals surface area (Å²) in [5.41, 5.74) is 3.41. The van der Waals surface area contributed by atoms with Crippen LogP contribution in [-0.4, -0.2) is 0 Å². The molecule has 0 amide bonds. The fraction of sp³-hybridized carbons (Fsp3) is 0.636. The van der Waals surface area contributed by atoms with Gasteiger partial charge in [-0.05, 0) is 36.2 Å². The van der Waals surface area contributed by atoms with Crippen LogP contribution >= 0.6 is 0 Å². The number of hydrogen-bond acceptors (Lipinski definition) is 0. The van der Waals surface area contributed by atoms with Gasteiger partial charge in [0, 0.05) is 0 Å². The summed E-state index contributed by atoms with van der Waals surface area (Å²) in [6, 6.07) is 0. The molecule has 0 heteroatoms. The molecular weight excluding hydrogens is 132 g/mol. The molecule has 2 rings (SSSR count). The summed E-state index contributed by atoms with van der Waals surface area (Å²) in [6.07, 6.45) is 3.67. The minimum atomic E-state index is 0.586. The zero-order valence-electron chi connectivity index (χ0n) is 7.65. The molecular formula is C11H16. The van der Waals surface area contributed by atoms with E-state index in [-0.39, 0.29) is 0 Å². The standard InChI is InChI=1S/C11H16/c1-7(2)8-5-6-9-10(8)11(9,3)4/h5,9-10H,1,6H2,2-4H3/t9-,10+/m1/s1. The van der Waals surface area contributed by atoms with E-state index in [1.807, 2.05) is 0 Å². The maximum Gasteiger partial charge on any atom is -0.00718 e. The van der Waals surface area contributed by atoms with Crippen LogP contribution in [0, 0.1) is 17.3 Å². The molecule has 60 valence electrons. The van der Waals surface area contributed by atoms with Crippen molar-refractivity contribution in [2.45, 2.75) is 27.2 Å². The third kappa shape index (κ3) is 0.756. The Balaban J connectivity index is 2.23. The second kappa shape index (κ2) is 1.80. The normalized spacial score (nSPS) is 37.9. The number of allylic oxidation sites excluding steroid dienone is 3. The Labute approximate surface area is 69.0 Å². The summed E-state index contributed by atoms with van der Waals surface area (Å²) in [5.74, 6) is 1.79. The van der Waals surface area contributed by atoms with Gasteiger partial charge < -0.3 is 0 Å². The van der Waals surface area contributed by atoms with Crippen LogP contribution < -0.4 is 0 Å². The van der Waals surface area contributed by atoms with Crippen molar-refractivity contribution in [3.8, 4) is 0 Å². The third-order valence-corrected chi connectivity index (χ3v) is 3.47. The number of rotatable bonds is 1. The molecule has 0 nitrogen and oxygen atoms in total. The molecule has 2 aliphatic rings. The first kappa shape index (κ1) is 7.15. The van der Waals surface area contributed by atoms with Crippen LogP contribution in [0.4, 0.5) is 0 Å². The van der Waals surface area contributed by atoms with Crippen molar-refractivity contribution in [1.29, 1.82) is 0 Å². The van der Waals surface area contributed by atoms with Gasteiger partial charge in [-0.25, -0.2) is 0 Å². The highest BCUT2D eigenvalue weighted by molar-refractivity contribution is 5.41. The van der Waals surface area contributed by atoms with Gasteiger partial charge in [-0.3, -0.25) is 0 Å². The Hall–Kier alpha value is -0.520. The van der Waals surface area contributed by atoms with E-state index < -0.39 is 0 Å². The maximum atomic E-state index is 4.01. The lowest BCUT2D eigenvalue weighted by Gasteiger charge is -2.08. The van der Waals surface area contributed by atoms with Crippen molar-refractivity contribution in [2.75, 3.05) is 0 Å². The first-order valence-corrected chi connectivity index (χ1v) is 4.41. The summed E-state index contributed by atoms with van der Waals surface area (Å²) in [7, 11) is 0. The largest absolute Gasteiger partial charge is 0.0958 e. The lowest BCUT2D eigenvalue weighted by molar-refractivity contribution is 0.540. The quantitative estimate of drug-likeness (QED) is 0.536. The fourth-order valence-corrected chi connectivity index (χ4v) is 2.62. The summed E-state index contributed by atoms with van der Waals surface area (Å²) in [4.78, 5) is 0. The highest BCUT2D eigenvalue weighted by Gasteiger charge is 2.60. The van der Waals surface area contributed by atoms with Crippen LogP contribution in [0.5, 0.6) is 0 Å². The Morgan fingerprint density at radius 3 is 2.55 bits per heavy atom. The van der Waals surface area contributed by atoms with Gasteiger partial charge in [-0.2, -0.15) is 0 Å². The number of hydrogen-bond donors (Lipinski definition) is 0. The van der Waals surface area contributed by atoms with Crippen molar-refractivity contribution in [3.63, 3.8) is 0 Å². The molecule has 1 fully saturated rings. The molecule has 0 aromatic carbocycles. The molecule has 0 aromatic heterocycles. The van der Waals surface area contributed by atoms with Gasteiger partial charge in [0.15, 0.2) is 0 Å². The van der Waals surface area contributed by atoms with E-state index in [0.29, 0.717) is 5.41 Å². The summed E-state index contributed by atoms with van der Waals surface area (Å²) in [5, 5.41) is 0. The topological polar surface area (TPSA) is 0 Å². The molecule has 11 heavy (non-hydrogen) atoms. The van der Waals surface area contributed by atoms with Crippen molar-refractivity contribution in [2.24, 2.45) is 17.3 Å². The van der Waals surface area contributed by atoms with E-state index in [2.05, 4.69) is 33.4 Å². The Morgan fingerprint density at radius 2 is 2.27 bits per heavy atom. The van der Waals surface area contributed by atoms with Gasteiger partial charge >= 0.3 is 0 Å². The Kier molecular flexibility index (Phi) is 1.17. The molecule has 0 spiro atoms. The molecule has 0 N–H and O–H groups in total. The lowest BCUT2D eigenvalue weighted by Crippen LogP contribution is -1.96. The van der Waals surface area contributed by atoms with Crippen LogP contribution in [0.2, 0.25) is 0 Å². The van der Waals surface area contributed by atoms with Crippen LogP contribution in [-0.2, 0) is 0 Å². The molecule has 0 aromatic rings. The van der Waals surface area contributed by atoms with Crippen LogP contribution in [0.3, 0.4) is 0 Å². The van der Waals surface area contributed by atoms with Crippen molar-refractivity contribution >= 4 is 0 Å². The lowest BCUT2D eigenvalue weighted by atomic mass is 9.97. The molecule has 0 radical (unpaired) electrons. The predicted molar refractivity (Wildman–Crippen MR) is 48.3 cm³/mol. The molecule has 1 saturated carbocycles. The van der Waals surface area contributed by atoms with E-state index in [4.69, 9.17) is 0 Å². The first-order chi connectivity index (χ1) is 5.05. The highest BCUT2D eigenvalue weighted by Crippen LogP contribution is 2.67. The van der Waals surface area contributed by atoms with Crippen molar-refractivity contribution in [1.82, 2.24) is 0 Å². The van der Waals surface area contributed by atoms with E-state index in [0.717, 1.165) is 11.8 Å². The van der Waals surface area contributed by atoms with E-state index in [1.54, 1.807) is 5.57 Å². The average molecular weight is 148 g/mol. The van der Waals surface area contributed by atoms with Gasteiger partial charge in [0.05, 0.1) is 0 Å². The summed E-state index contributed by atoms with van der Waals surface area (Å²) in [6.45, 7) is 10.9. The zero-order valence-corrected chi connectivity index (χ0v) is 7.65. The SMILES string of the molecule is C=C(C)C1=CC[C@@H]2[C@H]1C2(C)C. The zero-order chi connectivity index (χ0) is 8.22. The molecule has 0 bridgehead atoms. The third-order valence-electron chi connectivity index (χ3n) is 3.47. The fourth-order valence-electron chi connectivity index (χ4n) is 2.62. The Bertz CT molecular complexity index is 243. The first-order valence-electron chi connectivity index (χ1n) is 4.41. The van der Waals surface area contributed by atoms with Crippen molar-refractivity contribution in [3.05, 3.63) is 23.8 Å². The summed E-state index contributed by atoms with van der Waals surface area (Å²) >= 11 is 0. The minimum Gasteiger partial charge on any atom is -0.0958 e. The van der Waals surface area contributed by atoms with E-state index in [1.165, 1.54) is 12.0 Å². The molecule has 0 heterocycles. The minimum absolute atomic E-state index is 0.586. The van der Waals surface area contributed by atoms with Gasteiger partial charge in [0.1, 0.15) is 0 Å². The molecule has 0 saturated heterocycles. The smallest absolute Gasteiger partial charge is 0.00718 e. The van der Waals surface area contributed by atoms with Crippen LogP contribution in [0.25, 0.3) is 0 Å². The van der Waals surface area contributed by atoms with Crippen molar-refractivity contribution < 1.29 is 0 Å². The van der Waals surface area contributed by atoms with Gasteiger partial charge in [-0.1, -0.05) is 32.1 Å². The van der Waals surface area contributed by atoms with Crippen LogP contribution in [0.1, 0.15) is 27.2 Å². The summed E-state index contributed by atoms with van der Waals surface area (Å²) < 4.78 is 0. The molecule has 0 unspecified atom stereocenters. The molecule has 2 atom stereocenters. The molecule has 2 aliphatic carbocycles. The average Bonchev–Trinajstić information content (AvgIpc) is 2.34. The Morgan fingerprint density at radius 1 is 1.64 bits per heavy atom. The highest BCUT2D eigenvalue weighted by atomic mass is 14.6. The maximum absolute atomic E-state index is 4.01. The van der Waals surface area contributed by atoms with E-state index >= 15 is 0 Å². The monoisotopic (exact) mass is 148 g/mol. The second-order valence-corrected chi connectivity index (χ2v) is 4.58. The second-order valence-electron chi connectivity index (χ2n) is 4.58. The van der Waals surface area contributed by atoms with Crippen LogP contribution in [0.15, 0.2) is 23.8 Å². The van der Waals surface area contributed by atoms with Gasteiger partial charge in [-0.15, -0.1) is 0 Å². The number of fused-ring (bicyclic) bond motifs is 1.